The smallest absolute Gasteiger partial charge is 0.255 e. The molecule has 0 saturated heterocycles. The van der Waals surface area contributed by atoms with Gasteiger partial charge >= 0.3 is 0 Å². The number of rotatable bonds is 6. The number of amides is 2. The molecule has 0 unspecified atom stereocenters. The average Bonchev–Trinajstić information content (AvgIpc) is 2.59. The van der Waals surface area contributed by atoms with Crippen molar-refractivity contribution in [3.8, 4) is 0 Å². The third-order valence-corrected chi connectivity index (χ3v) is 4.08. The van der Waals surface area contributed by atoms with Gasteiger partial charge in [-0.2, -0.15) is 0 Å². The van der Waals surface area contributed by atoms with E-state index in [4.69, 9.17) is 0 Å². The van der Waals surface area contributed by atoms with E-state index >= 15 is 0 Å². The first-order chi connectivity index (χ1) is 11.5. The van der Waals surface area contributed by atoms with Crippen LogP contribution in [0.5, 0.6) is 0 Å². The van der Waals surface area contributed by atoms with Gasteiger partial charge < -0.3 is 10.6 Å². The van der Waals surface area contributed by atoms with E-state index < -0.39 is 0 Å². The van der Waals surface area contributed by atoms with E-state index in [-0.39, 0.29) is 11.8 Å². The number of carbonyl (C=O) groups is 2. The maximum Gasteiger partial charge on any atom is 0.255 e. The van der Waals surface area contributed by atoms with Gasteiger partial charge in [-0.3, -0.25) is 9.59 Å². The summed E-state index contributed by atoms with van der Waals surface area (Å²) in [5.41, 5.74) is 4.08. The minimum Gasteiger partial charge on any atom is -0.352 e. The highest BCUT2D eigenvalue weighted by Crippen LogP contribution is 2.19. The molecule has 0 heterocycles. The Morgan fingerprint density at radius 3 is 2.17 bits per heavy atom. The van der Waals surface area contributed by atoms with Crippen LogP contribution in [0.2, 0.25) is 0 Å². The molecule has 0 aliphatic heterocycles. The van der Waals surface area contributed by atoms with Gasteiger partial charge in [0.15, 0.2) is 0 Å². The van der Waals surface area contributed by atoms with Crippen molar-refractivity contribution < 1.29 is 9.59 Å². The van der Waals surface area contributed by atoms with E-state index in [2.05, 4.69) is 17.6 Å². The summed E-state index contributed by atoms with van der Waals surface area (Å²) in [6, 6.07) is 12.5. The van der Waals surface area contributed by atoms with Crippen LogP contribution in [0.3, 0.4) is 0 Å². The number of benzene rings is 2. The highest BCUT2D eigenvalue weighted by atomic mass is 16.2. The highest BCUT2D eigenvalue weighted by molar-refractivity contribution is 6.05. The van der Waals surface area contributed by atoms with E-state index in [1.807, 2.05) is 32.0 Å². The molecule has 0 aliphatic carbocycles. The Kier molecular flexibility index (Phi) is 6.13. The SMILES string of the molecule is CCCCNC(=O)c1ccc(C(=O)Nc2cccc(C)c2C)cc1. The number of anilines is 1. The Balaban J connectivity index is 2.03. The molecule has 4 heteroatoms. The number of hydrogen-bond donors (Lipinski definition) is 2. The first-order valence-electron chi connectivity index (χ1n) is 8.28. The predicted molar refractivity (Wildman–Crippen MR) is 97.6 cm³/mol. The third kappa shape index (κ3) is 4.44. The van der Waals surface area contributed by atoms with Crippen molar-refractivity contribution in [1.29, 1.82) is 0 Å². The van der Waals surface area contributed by atoms with Crippen molar-refractivity contribution >= 4 is 17.5 Å². The van der Waals surface area contributed by atoms with Crippen LogP contribution in [-0.2, 0) is 0 Å². The molecule has 0 bridgehead atoms. The first-order valence-corrected chi connectivity index (χ1v) is 8.28. The Hall–Kier alpha value is -2.62. The predicted octanol–water partition coefficient (Wildman–Crippen LogP) is 4.09. The van der Waals surface area contributed by atoms with Crippen molar-refractivity contribution in [2.45, 2.75) is 33.6 Å². The molecule has 0 saturated carbocycles. The second-order valence-corrected chi connectivity index (χ2v) is 5.89. The molecule has 0 radical (unpaired) electrons. The summed E-state index contributed by atoms with van der Waals surface area (Å²) in [6.07, 6.45) is 2.00. The van der Waals surface area contributed by atoms with Gasteiger partial charge in [0, 0.05) is 23.4 Å². The molecule has 126 valence electrons. The summed E-state index contributed by atoms with van der Waals surface area (Å²) < 4.78 is 0. The zero-order chi connectivity index (χ0) is 17.5. The number of unbranched alkanes of at least 4 members (excludes halogenated alkanes) is 1. The van der Waals surface area contributed by atoms with Crippen molar-refractivity contribution in [3.05, 3.63) is 64.7 Å². The average molecular weight is 324 g/mol. The Morgan fingerprint density at radius 2 is 1.54 bits per heavy atom. The monoisotopic (exact) mass is 324 g/mol. The van der Waals surface area contributed by atoms with E-state index in [0.29, 0.717) is 17.7 Å². The van der Waals surface area contributed by atoms with Crippen molar-refractivity contribution in [2.24, 2.45) is 0 Å². The maximum absolute atomic E-state index is 12.4. The maximum atomic E-state index is 12.4. The molecular weight excluding hydrogens is 300 g/mol. The van der Waals surface area contributed by atoms with Gasteiger partial charge in [0.25, 0.3) is 11.8 Å². The van der Waals surface area contributed by atoms with Gasteiger partial charge in [0.2, 0.25) is 0 Å². The summed E-state index contributed by atoms with van der Waals surface area (Å²) in [7, 11) is 0. The lowest BCUT2D eigenvalue weighted by atomic mass is 10.1. The van der Waals surface area contributed by atoms with Crippen LogP contribution in [0.1, 0.15) is 51.6 Å². The van der Waals surface area contributed by atoms with Crippen LogP contribution >= 0.6 is 0 Å². The second-order valence-electron chi connectivity index (χ2n) is 5.89. The summed E-state index contributed by atoms with van der Waals surface area (Å²) in [4.78, 5) is 24.3. The van der Waals surface area contributed by atoms with Gasteiger partial charge in [-0.1, -0.05) is 25.5 Å². The quantitative estimate of drug-likeness (QED) is 0.786. The molecule has 24 heavy (non-hydrogen) atoms. The van der Waals surface area contributed by atoms with Crippen molar-refractivity contribution in [3.63, 3.8) is 0 Å². The summed E-state index contributed by atoms with van der Waals surface area (Å²) in [5, 5.41) is 5.78. The molecule has 2 N–H and O–H groups in total. The first kappa shape index (κ1) is 17.7. The topological polar surface area (TPSA) is 58.2 Å². The van der Waals surface area contributed by atoms with Crippen LogP contribution in [0.4, 0.5) is 5.69 Å². The third-order valence-electron chi connectivity index (χ3n) is 4.08. The lowest BCUT2D eigenvalue weighted by molar-refractivity contribution is 0.0951. The molecule has 0 aliphatic rings. The van der Waals surface area contributed by atoms with Crippen LogP contribution in [0.15, 0.2) is 42.5 Å². The fraction of sp³-hybridized carbons (Fsp3) is 0.300. The highest BCUT2D eigenvalue weighted by Gasteiger charge is 2.10. The molecule has 0 aromatic heterocycles. The molecule has 4 nitrogen and oxygen atoms in total. The molecule has 2 aromatic carbocycles. The normalized spacial score (nSPS) is 10.3. The van der Waals surface area contributed by atoms with E-state index in [1.54, 1.807) is 24.3 Å². The summed E-state index contributed by atoms with van der Waals surface area (Å²) >= 11 is 0. The summed E-state index contributed by atoms with van der Waals surface area (Å²) in [6.45, 7) is 6.74. The van der Waals surface area contributed by atoms with Crippen LogP contribution in [-0.4, -0.2) is 18.4 Å². The van der Waals surface area contributed by atoms with Gasteiger partial charge in [-0.25, -0.2) is 0 Å². The molecule has 2 amide bonds. The number of carbonyl (C=O) groups excluding carboxylic acids is 2. The second kappa shape index (κ2) is 8.29. The number of aryl methyl sites for hydroxylation is 1. The van der Waals surface area contributed by atoms with Crippen LogP contribution < -0.4 is 10.6 Å². The molecule has 2 rings (SSSR count). The molecule has 0 spiro atoms. The minimum atomic E-state index is -0.179. The Labute approximate surface area is 143 Å². The fourth-order valence-electron chi connectivity index (χ4n) is 2.33. The van der Waals surface area contributed by atoms with E-state index in [0.717, 1.165) is 29.7 Å². The van der Waals surface area contributed by atoms with Gasteiger partial charge in [-0.05, 0) is 61.7 Å². The number of hydrogen-bond acceptors (Lipinski definition) is 2. The lowest BCUT2D eigenvalue weighted by Crippen LogP contribution is -2.24. The van der Waals surface area contributed by atoms with Crippen LogP contribution in [0, 0.1) is 13.8 Å². The van der Waals surface area contributed by atoms with Crippen molar-refractivity contribution in [2.75, 3.05) is 11.9 Å². The van der Waals surface area contributed by atoms with Gasteiger partial charge in [-0.15, -0.1) is 0 Å². The molecule has 0 atom stereocenters. The lowest BCUT2D eigenvalue weighted by Gasteiger charge is -2.10. The van der Waals surface area contributed by atoms with Crippen LogP contribution in [0.25, 0.3) is 0 Å². The van der Waals surface area contributed by atoms with Gasteiger partial charge in [0.05, 0.1) is 0 Å². The number of nitrogens with one attached hydrogen (secondary N) is 2. The summed E-state index contributed by atoms with van der Waals surface area (Å²) in [5.74, 6) is -0.286. The zero-order valence-corrected chi connectivity index (χ0v) is 14.5. The fourth-order valence-corrected chi connectivity index (χ4v) is 2.33. The van der Waals surface area contributed by atoms with Crippen molar-refractivity contribution in [1.82, 2.24) is 5.32 Å². The van der Waals surface area contributed by atoms with Gasteiger partial charge in [0.1, 0.15) is 0 Å². The molecule has 2 aromatic rings. The zero-order valence-electron chi connectivity index (χ0n) is 14.5. The van der Waals surface area contributed by atoms with E-state index in [1.165, 1.54) is 0 Å². The largest absolute Gasteiger partial charge is 0.352 e. The van der Waals surface area contributed by atoms with E-state index in [9.17, 15) is 9.59 Å². The minimum absolute atomic E-state index is 0.107. The molecule has 0 fully saturated rings. The Bertz CT molecular complexity index is 721. The Morgan fingerprint density at radius 1 is 0.917 bits per heavy atom. The standard InChI is InChI=1S/C20H24N2O2/c1-4-5-13-21-19(23)16-9-11-17(12-10-16)20(24)22-18-8-6-7-14(2)15(18)3/h6-12H,4-5,13H2,1-3H3,(H,21,23)(H,22,24). The molecular formula is C20H24N2O2.